The van der Waals surface area contributed by atoms with Crippen molar-refractivity contribution >= 4 is 17.3 Å². The molecule has 2 atom stereocenters. The van der Waals surface area contributed by atoms with Gasteiger partial charge in [-0.1, -0.05) is 43.0 Å². The van der Waals surface area contributed by atoms with Crippen LogP contribution in [0, 0.1) is 24.2 Å². The molecule has 2 rings (SSSR count). The summed E-state index contributed by atoms with van der Waals surface area (Å²) >= 11 is 6.24. The lowest BCUT2D eigenvalue weighted by Gasteiger charge is -2.23. The molecule has 0 aliphatic heterocycles. The highest BCUT2D eigenvalue weighted by Crippen LogP contribution is 2.31. The number of halogens is 1. The minimum Gasteiger partial charge on any atom is -0.380 e. The number of anilines is 1. The van der Waals surface area contributed by atoms with Gasteiger partial charge >= 0.3 is 0 Å². The van der Waals surface area contributed by atoms with E-state index in [4.69, 9.17) is 11.6 Å². The Balaban J connectivity index is 2.18. The molecule has 3 heteroatoms. The van der Waals surface area contributed by atoms with Gasteiger partial charge in [0.2, 0.25) is 0 Å². The number of nitrogens with one attached hydrogen (secondary N) is 1. The average Bonchev–Trinajstić information content (AvgIpc) is 2.59. The maximum atomic E-state index is 9.28. The van der Waals surface area contributed by atoms with Crippen molar-refractivity contribution in [1.29, 1.82) is 5.26 Å². The summed E-state index contributed by atoms with van der Waals surface area (Å²) in [6.45, 7) is 2.05. The molecule has 1 aliphatic rings. The lowest BCUT2D eigenvalue weighted by atomic mass is 9.96. The van der Waals surface area contributed by atoms with Crippen molar-refractivity contribution < 1.29 is 0 Å². The summed E-state index contributed by atoms with van der Waals surface area (Å²) in [5.74, 6) is 0.100. The maximum absolute atomic E-state index is 9.28. The Labute approximate surface area is 114 Å². The summed E-state index contributed by atoms with van der Waals surface area (Å²) in [6.07, 6.45) is 5.65. The van der Waals surface area contributed by atoms with Crippen LogP contribution >= 0.6 is 11.6 Å². The summed E-state index contributed by atoms with van der Waals surface area (Å²) in [4.78, 5) is 0. The van der Waals surface area contributed by atoms with E-state index >= 15 is 0 Å². The second kappa shape index (κ2) is 6.11. The van der Waals surface area contributed by atoms with Crippen molar-refractivity contribution in [2.75, 3.05) is 5.32 Å². The Morgan fingerprint density at radius 3 is 2.78 bits per heavy atom. The van der Waals surface area contributed by atoms with E-state index in [1.54, 1.807) is 0 Å². The lowest BCUT2D eigenvalue weighted by molar-refractivity contribution is 0.514. The zero-order chi connectivity index (χ0) is 13.0. The third-order valence-electron chi connectivity index (χ3n) is 3.73. The van der Waals surface area contributed by atoms with Crippen LogP contribution in [0.25, 0.3) is 0 Å². The van der Waals surface area contributed by atoms with Crippen molar-refractivity contribution in [2.45, 2.75) is 45.1 Å². The number of para-hydroxylation sites is 1. The molecule has 2 nitrogen and oxygen atoms in total. The van der Waals surface area contributed by atoms with Gasteiger partial charge in [0.25, 0.3) is 0 Å². The lowest BCUT2D eigenvalue weighted by Crippen LogP contribution is -2.27. The molecule has 96 valence electrons. The largest absolute Gasteiger partial charge is 0.380 e. The fraction of sp³-hybridized carbons (Fsp3) is 0.533. The summed E-state index contributed by atoms with van der Waals surface area (Å²) in [7, 11) is 0. The standard InChI is InChI=1S/C15H19ClN2/c1-11-6-5-8-13(16)15(11)18-14-9-4-2-3-7-12(14)10-17/h5-6,8,12,14,18H,2-4,7,9H2,1H3. The molecule has 18 heavy (non-hydrogen) atoms. The van der Waals surface area contributed by atoms with Crippen LogP contribution in [0.3, 0.4) is 0 Å². The quantitative estimate of drug-likeness (QED) is 0.795. The number of aryl methyl sites for hydroxylation is 1. The molecule has 0 amide bonds. The highest BCUT2D eigenvalue weighted by Gasteiger charge is 2.24. The zero-order valence-corrected chi connectivity index (χ0v) is 11.5. The number of rotatable bonds is 2. The van der Waals surface area contributed by atoms with Gasteiger partial charge in [-0.25, -0.2) is 0 Å². The molecule has 1 fully saturated rings. The van der Waals surface area contributed by atoms with E-state index in [-0.39, 0.29) is 12.0 Å². The van der Waals surface area contributed by atoms with E-state index in [1.807, 2.05) is 25.1 Å². The zero-order valence-electron chi connectivity index (χ0n) is 10.7. The van der Waals surface area contributed by atoms with Gasteiger partial charge in [0, 0.05) is 6.04 Å². The van der Waals surface area contributed by atoms with Gasteiger partial charge in [0.1, 0.15) is 0 Å². The van der Waals surface area contributed by atoms with Crippen molar-refractivity contribution in [3.8, 4) is 6.07 Å². The normalized spacial score (nSPS) is 24.1. The van der Waals surface area contributed by atoms with Crippen molar-refractivity contribution in [3.63, 3.8) is 0 Å². The second-order valence-corrected chi connectivity index (χ2v) is 5.46. The van der Waals surface area contributed by atoms with Crippen LogP contribution in [0.5, 0.6) is 0 Å². The Kier molecular flexibility index (Phi) is 4.49. The van der Waals surface area contributed by atoms with Crippen molar-refractivity contribution in [1.82, 2.24) is 0 Å². The highest BCUT2D eigenvalue weighted by molar-refractivity contribution is 6.33. The van der Waals surface area contributed by atoms with Crippen LogP contribution in [0.1, 0.15) is 37.7 Å². The van der Waals surface area contributed by atoms with Crippen LogP contribution < -0.4 is 5.32 Å². The first-order valence-electron chi connectivity index (χ1n) is 6.63. The van der Waals surface area contributed by atoms with Crippen LogP contribution in [0.4, 0.5) is 5.69 Å². The molecule has 0 radical (unpaired) electrons. The van der Waals surface area contributed by atoms with E-state index in [1.165, 1.54) is 12.8 Å². The smallest absolute Gasteiger partial charge is 0.0677 e. The molecule has 0 saturated heterocycles. The molecule has 1 aliphatic carbocycles. The van der Waals surface area contributed by atoms with E-state index in [0.717, 1.165) is 35.5 Å². The topological polar surface area (TPSA) is 35.8 Å². The number of nitrogens with zero attached hydrogens (tertiary/aromatic N) is 1. The van der Waals surface area contributed by atoms with Crippen LogP contribution in [-0.2, 0) is 0 Å². The Morgan fingerprint density at radius 2 is 2.06 bits per heavy atom. The van der Waals surface area contributed by atoms with Gasteiger partial charge in [0.05, 0.1) is 22.7 Å². The molecule has 2 unspecified atom stereocenters. The van der Waals surface area contributed by atoms with Crippen molar-refractivity contribution in [3.05, 3.63) is 28.8 Å². The molecule has 0 heterocycles. The van der Waals surface area contributed by atoms with Gasteiger partial charge in [-0.2, -0.15) is 5.26 Å². The fourth-order valence-electron chi connectivity index (χ4n) is 2.64. The number of hydrogen-bond donors (Lipinski definition) is 1. The van der Waals surface area contributed by atoms with Gasteiger partial charge in [-0.3, -0.25) is 0 Å². The second-order valence-electron chi connectivity index (χ2n) is 5.06. The first-order valence-corrected chi connectivity index (χ1v) is 7.01. The SMILES string of the molecule is Cc1cccc(Cl)c1NC1CCCCCC1C#N. The fourth-order valence-corrected chi connectivity index (χ4v) is 2.91. The van der Waals surface area contributed by atoms with E-state index in [0.29, 0.717) is 0 Å². The van der Waals surface area contributed by atoms with Gasteiger partial charge in [-0.15, -0.1) is 0 Å². The van der Waals surface area contributed by atoms with Crippen molar-refractivity contribution in [2.24, 2.45) is 5.92 Å². The number of benzene rings is 1. The third-order valence-corrected chi connectivity index (χ3v) is 4.05. The first-order chi connectivity index (χ1) is 8.72. The third kappa shape index (κ3) is 2.97. The van der Waals surface area contributed by atoms with Gasteiger partial charge in [-0.05, 0) is 31.4 Å². The molecular formula is C15H19ClN2. The van der Waals surface area contributed by atoms with Crippen LogP contribution in [0.15, 0.2) is 18.2 Å². The minimum atomic E-state index is 0.100. The summed E-state index contributed by atoms with van der Waals surface area (Å²) < 4.78 is 0. The average molecular weight is 263 g/mol. The molecule has 0 aromatic heterocycles. The summed E-state index contributed by atoms with van der Waals surface area (Å²) in [5, 5.41) is 13.5. The Morgan fingerprint density at radius 1 is 1.28 bits per heavy atom. The predicted molar refractivity (Wildman–Crippen MR) is 75.8 cm³/mol. The molecule has 1 N–H and O–H groups in total. The first kappa shape index (κ1) is 13.2. The summed E-state index contributed by atoms with van der Waals surface area (Å²) in [5.41, 5.74) is 2.13. The monoisotopic (exact) mass is 262 g/mol. The minimum absolute atomic E-state index is 0.100. The Bertz CT molecular complexity index is 430. The molecule has 0 bridgehead atoms. The molecule has 1 aromatic carbocycles. The van der Waals surface area contributed by atoms with Crippen LogP contribution in [-0.4, -0.2) is 6.04 Å². The number of nitriles is 1. The van der Waals surface area contributed by atoms with E-state index < -0.39 is 0 Å². The molecule has 1 saturated carbocycles. The van der Waals surface area contributed by atoms with Crippen LogP contribution in [0.2, 0.25) is 5.02 Å². The van der Waals surface area contributed by atoms with Gasteiger partial charge < -0.3 is 5.32 Å². The Hall–Kier alpha value is -1.20. The maximum Gasteiger partial charge on any atom is 0.0677 e. The molecular weight excluding hydrogens is 244 g/mol. The molecule has 1 aromatic rings. The van der Waals surface area contributed by atoms with E-state index in [9.17, 15) is 5.26 Å². The number of hydrogen-bond acceptors (Lipinski definition) is 2. The summed E-state index contributed by atoms with van der Waals surface area (Å²) in [6, 6.07) is 8.58. The predicted octanol–water partition coefficient (Wildman–Crippen LogP) is 4.53. The molecule has 0 spiro atoms. The van der Waals surface area contributed by atoms with Gasteiger partial charge in [0.15, 0.2) is 0 Å². The van der Waals surface area contributed by atoms with E-state index in [2.05, 4.69) is 11.4 Å². The highest BCUT2D eigenvalue weighted by atomic mass is 35.5.